The van der Waals surface area contributed by atoms with Gasteiger partial charge in [0.2, 0.25) is 0 Å². The number of quaternary nitrogens is 1. The topological polar surface area (TPSA) is 0 Å². The van der Waals surface area contributed by atoms with E-state index in [2.05, 4.69) is 27.7 Å². The maximum Gasteiger partial charge on any atom is 0.0786 e. The van der Waals surface area contributed by atoms with Crippen molar-refractivity contribution in [2.24, 2.45) is 0 Å². The predicted molar refractivity (Wildman–Crippen MR) is 144 cm³/mol. The van der Waals surface area contributed by atoms with Crippen LogP contribution in [0.1, 0.15) is 169 Å². The van der Waals surface area contributed by atoms with Crippen LogP contribution < -0.4 is 17.0 Å². The second-order valence-corrected chi connectivity index (χ2v) is 10.6. The van der Waals surface area contributed by atoms with Gasteiger partial charge in [0.25, 0.3) is 0 Å². The average molecular weight is 519 g/mol. The highest BCUT2D eigenvalue weighted by molar-refractivity contribution is 4.54. The summed E-state index contributed by atoms with van der Waals surface area (Å²) in [5.41, 5.74) is 0. The Bertz CT molecular complexity index is 299. The summed E-state index contributed by atoms with van der Waals surface area (Å²) in [4.78, 5) is 0. The zero-order valence-electron chi connectivity index (χ0n) is 23.2. The standard InChI is InChI=1S/C30H64N.BrH/c1-5-9-13-17-19-21-25-29-31(27-23-15-11-7-3,28-24-16-12-8-4)30-26-22-20-18-14-10-6-2;/h5-30H2,1-4H3;1H/q+1;/p-1. The van der Waals surface area contributed by atoms with Crippen LogP contribution in [0.4, 0.5) is 0 Å². The summed E-state index contributed by atoms with van der Waals surface area (Å²) in [6, 6.07) is 0. The largest absolute Gasteiger partial charge is 1.00 e. The van der Waals surface area contributed by atoms with Gasteiger partial charge in [-0.3, -0.25) is 0 Å². The van der Waals surface area contributed by atoms with Gasteiger partial charge in [0, 0.05) is 0 Å². The van der Waals surface area contributed by atoms with Crippen LogP contribution in [0.2, 0.25) is 0 Å². The molecule has 0 aromatic rings. The monoisotopic (exact) mass is 517 g/mol. The van der Waals surface area contributed by atoms with E-state index in [0.717, 1.165) is 0 Å². The van der Waals surface area contributed by atoms with E-state index in [4.69, 9.17) is 0 Å². The summed E-state index contributed by atoms with van der Waals surface area (Å²) in [7, 11) is 0. The summed E-state index contributed by atoms with van der Waals surface area (Å²) >= 11 is 0. The van der Waals surface area contributed by atoms with Crippen LogP contribution in [0, 0.1) is 0 Å². The number of rotatable bonds is 26. The Hall–Kier alpha value is 0.440. The fourth-order valence-corrected chi connectivity index (χ4v) is 5.23. The molecule has 0 aliphatic rings. The number of hydrogen-bond acceptors (Lipinski definition) is 0. The minimum Gasteiger partial charge on any atom is -1.00 e. The normalized spacial score (nSPS) is 11.6. The van der Waals surface area contributed by atoms with E-state index in [1.165, 1.54) is 172 Å². The molecular weight excluding hydrogens is 454 g/mol. The van der Waals surface area contributed by atoms with Crippen molar-refractivity contribution in [3.05, 3.63) is 0 Å². The van der Waals surface area contributed by atoms with Crippen molar-refractivity contribution in [1.29, 1.82) is 0 Å². The summed E-state index contributed by atoms with van der Waals surface area (Å²) in [6.45, 7) is 15.2. The van der Waals surface area contributed by atoms with Gasteiger partial charge >= 0.3 is 0 Å². The van der Waals surface area contributed by atoms with Crippen molar-refractivity contribution in [3.63, 3.8) is 0 Å². The first kappa shape index (κ1) is 34.6. The third-order valence-electron chi connectivity index (χ3n) is 7.44. The first-order chi connectivity index (χ1) is 15.2. The molecule has 0 bridgehead atoms. The van der Waals surface area contributed by atoms with E-state index < -0.39 is 0 Å². The van der Waals surface area contributed by atoms with E-state index in [1.54, 1.807) is 0 Å². The van der Waals surface area contributed by atoms with Crippen molar-refractivity contribution in [2.45, 2.75) is 169 Å². The molecule has 0 amide bonds. The lowest BCUT2D eigenvalue weighted by Gasteiger charge is -2.39. The van der Waals surface area contributed by atoms with Gasteiger partial charge in [-0.2, -0.15) is 0 Å². The van der Waals surface area contributed by atoms with E-state index >= 15 is 0 Å². The van der Waals surface area contributed by atoms with Crippen LogP contribution in [-0.4, -0.2) is 30.7 Å². The van der Waals surface area contributed by atoms with Crippen LogP contribution in [0.15, 0.2) is 0 Å². The Morgan fingerprint density at radius 2 is 0.469 bits per heavy atom. The van der Waals surface area contributed by atoms with E-state index in [-0.39, 0.29) is 17.0 Å². The van der Waals surface area contributed by atoms with E-state index in [1.807, 2.05) is 0 Å². The molecule has 0 aromatic heterocycles. The van der Waals surface area contributed by atoms with Crippen molar-refractivity contribution in [1.82, 2.24) is 0 Å². The second-order valence-electron chi connectivity index (χ2n) is 10.6. The third-order valence-corrected chi connectivity index (χ3v) is 7.44. The van der Waals surface area contributed by atoms with Crippen LogP contribution in [0.25, 0.3) is 0 Å². The third kappa shape index (κ3) is 22.2. The molecule has 0 heterocycles. The molecule has 0 aliphatic heterocycles. The maximum absolute atomic E-state index is 2.35. The zero-order chi connectivity index (χ0) is 22.9. The van der Waals surface area contributed by atoms with Crippen molar-refractivity contribution >= 4 is 0 Å². The number of unbranched alkanes of at least 4 members (excludes halogenated alkanes) is 18. The number of halogens is 1. The van der Waals surface area contributed by atoms with E-state index in [0.29, 0.717) is 0 Å². The molecule has 1 nitrogen and oxygen atoms in total. The molecule has 2 heteroatoms. The molecule has 0 unspecified atom stereocenters. The number of hydrogen-bond donors (Lipinski definition) is 0. The van der Waals surface area contributed by atoms with Crippen LogP contribution in [0.3, 0.4) is 0 Å². The van der Waals surface area contributed by atoms with Crippen LogP contribution in [0.5, 0.6) is 0 Å². The van der Waals surface area contributed by atoms with Gasteiger partial charge in [-0.15, -0.1) is 0 Å². The Balaban J connectivity index is 0. The highest BCUT2D eigenvalue weighted by Gasteiger charge is 2.25. The lowest BCUT2D eigenvalue weighted by Crippen LogP contribution is -3.00. The first-order valence-electron chi connectivity index (χ1n) is 15.1. The second kappa shape index (κ2) is 27.7. The van der Waals surface area contributed by atoms with Crippen molar-refractivity contribution < 1.29 is 21.5 Å². The quantitative estimate of drug-likeness (QED) is 0.0823. The number of nitrogens with zero attached hydrogens (tertiary/aromatic N) is 1. The lowest BCUT2D eigenvalue weighted by molar-refractivity contribution is -0.929. The lowest BCUT2D eigenvalue weighted by atomic mass is 10.0. The Kier molecular flexibility index (Phi) is 29.9. The highest BCUT2D eigenvalue weighted by atomic mass is 79.9. The van der Waals surface area contributed by atoms with Gasteiger partial charge in [0.05, 0.1) is 26.2 Å². The molecule has 0 saturated heterocycles. The summed E-state index contributed by atoms with van der Waals surface area (Å²) < 4.78 is 1.47. The SMILES string of the molecule is CCCCCCCCC[N+](CCCCCC)(CCCCCC)CCCCCCCCC.[Br-]. The van der Waals surface area contributed by atoms with Crippen LogP contribution >= 0.6 is 0 Å². The molecule has 196 valence electrons. The Morgan fingerprint density at radius 3 is 0.719 bits per heavy atom. The first-order valence-corrected chi connectivity index (χ1v) is 15.1. The van der Waals surface area contributed by atoms with Gasteiger partial charge in [0.1, 0.15) is 0 Å². The fourth-order valence-electron chi connectivity index (χ4n) is 5.23. The minimum atomic E-state index is 0. The zero-order valence-corrected chi connectivity index (χ0v) is 24.8. The minimum absolute atomic E-state index is 0. The highest BCUT2D eigenvalue weighted by Crippen LogP contribution is 2.20. The van der Waals surface area contributed by atoms with Crippen molar-refractivity contribution in [2.75, 3.05) is 26.2 Å². The molecule has 0 aromatic carbocycles. The van der Waals surface area contributed by atoms with Gasteiger partial charge in [-0.1, -0.05) is 118 Å². The van der Waals surface area contributed by atoms with Crippen molar-refractivity contribution in [3.8, 4) is 0 Å². The molecule has 0 rings (SSSR count). The summed E-state index contributed by atoms with van der Waals surface area (Å²) in [6.07, 6.45) is 31.8. The smallest absolute Gasteiger partial charge is 0.0786 e. The molecule has 0 aliphatic carbocycles. The molecule has 0 atom stereocenters. The predicted octanol–water partition coefficient (Wildman–Crippen LogP) is 7.47. The fraction of sp³-hybridized carbons (Fsp3) is 1.00. The van der Waals surface area contributed by atoms with Gasteiger partial charge < -0.3 is 21.5 Å². The molecule has 32 heavy (non-hydrogen) atoms. The molecular formula is C30H64BrN. The Morgan fingerprint density at radius 1 is 0.281 bits per heavy atom. The molecule has 0 N–H and O–H groups in total. The summed E-state index contributed by atoms with van der Waals surface area (Å²) in [5, 5.41) is 0. The summed E-state index contributed by atoms with van der Waals surface area (Å²) in [5.74, 6) is 0. The molecule has 0 fully saturated rings. The van der Waals surface area contributed by atoms with Gasteiger partial charge in [-0.05, 0) is 51.4 Å². The van der Waals surface area contributed by atoms with Gasteiger partial charge in [0.15, 0.2) is 0 Å². The Labute approximate surface area is 216 Å². The maximum atomic E-state index is 2.35. The van der Waals surface area contributed by atoms with Crippen LogP contribution in [-0.2, 0) is 0 Å². The molecule has 0 spiro atoms. The van der Waals surface area contributed by atoms with Gasteiger partial charge in [-0.25, -0.2) is 0 Å². The molecule has 0 saturated carbocycles. The molecule has 0 radical (unpaired) electrons. The average Bonchev–Trinajstić information content (AvgIpc) is 2.78. The van der Waals surface area contributed by atoms with E-state index in [9.17, 15) is 0 Å².